The Bertz CT molecular complexity index is 17.2. The molecule has 0 rings (SSSR count). The van der Waals surface area contributed by atoms with Crippen LogP contribution in [-0.4, -0.2) is 8.94 Å². The lowest BCUT2D eigenvalue weighted by molar-refractivity contribution is 1.58. The molecule has 0 radical (unpaired) electrons. The SMILES string of the molecule is C=ICC. The van der Waals surface area contributed by atoms with Crippen molar-refractivity contribution in [1.29, 1.82) is 0 Å². The fourth-order valence-corrected chi connectivity index (χ4v) is 0. The highest BCUT2D eigenvalue weighted by molar-refractivity contribution is 14.2. The Balaban J connectivity index is 2.30. The van der Waals surface area contributed by atoms with Crippen LogP contribution in [0, 0.1) is 0 Å². The molecule has 0 amide bonds. The minimum absolute atomic E-state index is 0.361. The topological polar surface area (TPSA) is 0 Å². The lowest BCUT2D eigenvalue weighted by Gasteiger charge is -1.57. The molecule has 0 spiro atoms. The fourth-order valence-electron chi connectivity index (χ4n) is 0. The van der Waals surface area contributed by atoms with E-state index in [-0.39, 0.29) is 0 Å². The molecule has 0 N–H and O–H groups in total. The maximum atomic E-state index is 3.71. The molecule has 0 bridgehead atoms. The fraction of sp³-hybridized carbons (Fsp3) is 0.667. The van der Waals surface area contributed by atoms with Gasteiger partial charge in [-0.3, -0.25) is 0 Å². The van der Waals surface area contributed by atoms with Crippen LogP contribution in [0.4, 0.5) is 0 Å². The maximum absolute atomic E-state index is 3.71. The van der Waals surface area contributed by atoms with Crippen LogP contribution >= 0.6 is 20.7 Å². The monoisotopic (exact) mass is 170 g/mol. The Morgan fingerprint density at radius 1 is 2.00 bits per heavy atom. The molecule has 0 atom stereocenters. The zero-order valence-electron chi connectivity index (χ0n) is 2.79. The molecule has 0 aliphatic carbocycles. The van der Waals surface area contributed by atoms with E-state index in [1.165, 1.54) is 4.43 Å². The molecule has 0 saturated carbocycles. The van der Waals surface area contributed by atoms with Crippen molar-refractivity contribution >= 4 is 25.2 Å². The Morgan fingerprint density at radius 2 is 2.25 bits per heavy atom. The van der Waals surface area contributed by atoms with Crippen molar-refractivity contribution < 1.29 is 0 Å². The number of halogens is 1. The lowest BCUT2D eigenvalue weighted by Crippen LogP contribution is -1.40. The predicted molar refractivity (Wildman–Crippen MR) is 31.7 cm³/mol. The summed E-state index contributed by atoms with van der Waals surface area (Å²) >= 11 is 0.361. The second-order valence-electron chi connectivity index (χ2n) is 0.456. The van der Waals surface area contributed by atoms with E-state index in [1.54, 1.807) is 0 Å². The Morgan fingerprint density at radius 3 is 2.25 bits per heavy atom. The first-order valence-electron chi connectivity index (χ1n) is 1.24. The van der Waals surface area contributed by atoms with E-state index in [2.05, 4.69) is 11.4 Å². The molecule has 0 saturated heterocycles. The van der Waals surface area contributed by atoms with Crippen LogP contribution in [0.15, 0.2) is 0 Å². The van der Waals surface area contributed by atoms with E-state index in [0.29, 0.717) is 20.7 Å². The van der Waals surface area contributed by atoms with Gasteiger partial charge in [0, 0.05) is 0 Å². The molecule has 0 aliphatic rings. The largest absolute Gasteiger partial charge is 0.131 e. The van der Waals surface area contributed by atoms with E-state index < -0.39 is 0 Å². The van der Waals surface area contributed by atoms with Crippen molar-refractivity contribution in [2.45, 2.75) is 6.92 Å². The van der Waals surface area contributed by atoms with Gasteiger partial charge >= 0.3 is 0 Å². The quantitative estimate of drug-likeness (QED) is 0.412. The summed E-state index contributed by atoms with van der Waals surface area (Å²) < 4.78 is 5.03. The van der Waals surface area contributed by atoms with E-state index in [9.17, 15) is 0 Å². The van der Waals surface area contributed by atoms with E-state index in [4.69, 9.17) is 0 Å². The molecule has 0 nitrogen and oxygen atoms in total. The minimum Gasteiger partial charge on any atom is -0.131 e. The first-order chi connectivity index (χ1) is 1.91. The van der Waals surface area contributed by atoms with E-state index in [1.807, 2.05) is 0 Å². The van der Waals surface area contributed by atoms with Crippen LogP contribution in [0.25, 0.3) is 0 Å². The van der Waals surface area contributed by atoms with Crippen molar-refractivity contribution in [2.75, 3.05) is 4.43 Å². The average Bonchev–Trinajstić information content (AvgIpc) is 1.37. The van der Waals surface area contributed by atoms with E-state index >= 15 is 0 Å². The maximum Gasteiger partial charge on any atom is -0.00861 e. The molecule has 26 valence electrons. The van der Waals surface area contributed by atoms with Crippen molar-refractivity contribution in [2.24, 2.45) is 0 Å². The Kier molecular flexibility index (Phi) is 4.14. The van der Waals surface area contributed by atoms with Gasteiger partial charge in [-0.25, -0.2) is 0 Å². The summed E-state index contributed by atoms with van der Waals surface area (Å²) in [5, 5.41) is 0. The van der Waals surface area contributed by atoms with Crippen LogP contribution in [0.1, 0.15) is 6.92 Å². The number of hydrogen-bond acceptors (Lipinski definition) is 0. The summed E-state index contributed by atoms with van der Waals surface area (Å²) in [6.07, 6.45) is 0. The van der Waals surface area contributed by atoms with Crippen LogP contribution in [0.2, 0.25) is 0 Å². The molecule has 0 unspecified atom stereocenters. The van der Waals surface area contributed by atoms with E-state index in [0.717, 1.165) is 0 Å². The standard InChI is InChI=1S/C3H7I/c1-3-4-2/h2-3H2,1H3. The Labute approximate surface area is 37.0 Å². The van der Waals surface area contributed by atoms with Crippen molar-refractivity contribution in [3.05, 3.63) is 0 Å². The second-order valence-corrected chi connectivity index (χ2v) is 3.06. The summed E-state index contributed by atoms with van der Waals surface area (Å²) in [6, 6.07) is 0. The highest BCUT2D eigenvalue weighted by Gasteiger charge is 1.45. The lowest BCUT2D eigenvalue weighted by atomic mass is 11.0. The van der Waals surface area contributed by atoms with Gasteiger partial charge in [0.05, 0.1) is 0 Å². The van der Waals surface area contributed by atoms with Gasteiger partial charge < -0.3 is 0 Å². The smallest absolute Gasteiger partial charge is 0.00861 e. The summed E-state index contributed by atoms with van der Waals surface area (Å²) in [4.78, 5) is 0. The van der Waals surface area contributed by atoms with Crippen molar-refractivity contribution in [1.82, 2.24) is 0 Å². The first-order valence-corrected chi connectivity index (χ1v) is 4.29. The molecule has 4 heavy (non-hydrogen) atoms. The highest BCUT2D eigenvalue weighted by Crippen LogP contribution is 1.82. The van der Waals surface area contributed by atoms with Gasteiger partial charge in [-0.1, -0.05) is 11.4 Å². The van der Waals surface area contributed by atoms with Crippen LogP contribution in [-0.2, 0) is 0 Å². The number of hydrogen-bond donors (Lipinski definition) is 0. The zero-order chi connectivity index (χ0) is 3.41. The molecule has 0 aromatic heterocycles. The molecule has 0 fully saturated rings. The Hall–Kier alpha value is 0.600. The molecule has 0 aliphatic heterocycles. The van der Waals surface area contributed by atoms with Crippen LogP contribution in [0.5, 0.6) is 0 Å². The predicted octanol–water partition coefficient (Wildman–Crippen LogP) is 1.41. The second kappa shape index (κ2) is 3.60. The van der Waals surface area contributed by atoms with Gasteiger partial charge in [0.1, 0.15) is 0 Å². The minimum atomic E-state index is 0.361. The van der Waals surface area contributed by atoms with Gasteiger partial charge in [0.25, 0.3) is 0 Å². The molecule has 0 aromatic carbocycles. The summed E-state index contributed by atoms with van der Waals surface area (Å²) in [5.41, 5.74) is 0. The molecular formula is C3H7I. The third-order valence-corrected chi connectivity index (χ3v) is 1.27. The molecule has 0 heterocycles. The number of alkyl halides is 1. The third kappa shape index (κ3) is 2.60. The van der Waals surface area contributed by atoms with Crippen molar-refractivity contribution in [3.8, 4) is 0 Å². The molecule has 1 heteroatoms. The first kappa shape index (κ1) is 4.60. The molecule has 0 aromatic rings. The van der Waals surface area contributed by atoms with Crippen molar-refractivity contribution in [3.63, 3.8) is 0 Å². The van der Waals surface area contributed by atoms with Gasteiger partial charge in [0.2, 0.25) is 0 Å². The summed E-state index contributed by atoms with van der Waals surface area (Å²) in [5.74, 6) is 0. The number of rotatable bonds is 1. The van der Waals surface area contributed by atoms with Gasteiger partial charge in [-0.2, -0.15) is 0 Å². The molecular weight excluding hydrogens is 163 g/mol. The summed E-state index contributed by atoms with van der Waals surface area (Å²) in [7, 11) is 0. The zero-order valence-corrected chi connectivity index (χ0v) is 4.95. The van der Waals surface area contributed by atoms with Crippen LogP contribution < -0.4 is 0 Å². The van der Waals surface area contributed by atoms with Gasteiger partial charge in [0.15, 0.2) is 0 Å². The average molecular weight is 170 g/mol. The highest BCUT2D eigenvalue weighted by atomic mass is 127. The van der Waals surface area contributed by atoms with Gasteiger partial charge in [-0.05, 0) is 4.43 Å². The van der Waals surface area contributed by atoms with Gasteiger partial charge in [-0.15, -0.1) is 20.7 Å². The van der Waals surface area contributed by atoms with Crippen LogP contribution in [0.3, 0.4) is 0 Å². The summed E-state index contributed by atoms with van der Waals surface area (Å²) in [6.45, 7) is 2.17. The normalized spacial score (nSPS) is 7.25. The third-order valence-electron chi connectivity index (χ3n) is 0.189.